The lowest BCUT2D eigenvalue weighted by Crippen LogP contribution is -2.12. The summed E-state index contributed by atoms with van der Waals surface area (Å²) in [7, 11) is 0. The minimum atomic E-state index is -0.173. The largest absolute Gasteiger partial charge is 0.489 e. The maximum Gasteiger partial charge on any atom is 0.255 e. The van der Waals surface area contributed by atoms with E-state index in [2.05, 4.69) is 10.3 Å². The van der Waals surface area contributed by atoms with E-state index in [0.717, 1.165) is 33.6 Å². The van der Waals surface area contributed by atoms with Crippen LogP contribution in [0.3, 0.4) is 0 Å². The number of carbonyl (C=O) groups excluding carboxylic acids is 1. The number of hydrogen-bond donors (Lipinski definition) is 1. The molecule has 34 heavy (non-hydrogen) atoms. The highest BCUT2D eigenvalue weighted by Gasteiger charge is 2.09. The van der Waals surface area contributed by atoms with Gasteiger partial charge in [0.15, 0.2) is 0 Å². The van der Waals surface area contributed by atoms with E-state index in [1.54, 1.807) is 6.20 Å². The lowest BCUT2D eigenvalue weighted by atomic mass is 10.1. The molecule has 1 aromatic heterocycles. The molecular formula is C29H23N3O2. The van der Waals surface area contributed by atoms with E-state index in [9.17, 15) is 4.79 Å². The van der Waals surface area contributed by atoms with Crippen molar-refractivity contribution in [3.05, 3.63) is 120 Å². The number of benzene rings is 4. The summed E-state index contributed by atoms with van der Waals surface area (Å²) in [6.07, 6.45) is 1.75. The van der Waals surface area contributed by atoms with E-state index in [0.29, 0.717) is 17.9 Å². The van der Waals surface area contributed by atoms with E-state index in [-0.39, 0.29) is 5.91 Å². The van der Waals surface area contributed by atoms with Gasteiger partial charge in [-0.1, -0.05) is 54.1 Å². The molecule has 1 heterocycles. The van der Waals surface area contributed by atoms with Gasteiger partial charge in [-0.2, -0.15) is 0 Å². The number of amides is 1. The Hall–Kier alpha value is -4.51. The highest BCUT2D eigenvalue weighted by molar-refractivity contribution is 6.04. The van der Waals surface area contributed by atoms with Crippen molar-refractivity contribution >= 4 is 22.6 Å². The minimum absolute atomic E-state index is 0.173. The Kier molecular flexibility index (Phi) is 5.99. The molecule has 0 saturated heterocycles. The number of para-hydroxylation sites is 2. The molecule has 0 aliphatic rings. The number of hydrogen-bond acceptors (Lipinski definition) is 4. The maximum absolute atomic E-state index is 12.8. The zero-order valence-electron chi connectivity index (χ0n) is 18.7. The van der Waals surface area contributed by atoms with Gasteiger partial charge in [0.1, 0.15) is 12.4 Å². The molecule has 0 saturated carbocycles. The van der Waals surface area contributed by atoms with Crippen molar-refractivity contribution in [2.24, 2.45) is 0 Å². The number of nitrogens with one attached hydrogen (secondary N) is 1. The Morgan fingerprint density at radius 1 is 0.853 bits per heavy atom. The first-order chi connectivity index (χ1) is 16.6. The van der Waals surface area contributed by atoms with Gasteiger partial charge < -0.3 is 10.1 Å². The molecule has 5 rings (SSSR count). The third kappa shape index (κ3) is 4.94. The molecule has 0 radical (unpaired) electrons. The van der Waals surface area contributed by atoms with Crippen LogP contribution in [0.5, 0.6) is 5.75 Å². The Morgan fingerprint density at radius 2 is 1.62 bits per heavy atom. The molecule has 0 spiro atoms. The smallest absolute Gasteiger partial charge is 0.255 e. The quantitative estimate of drug-likeness (QED) is 0.327. The Morgan fingerprint density at radius 3 is 2.41 bits per heavy atom. The molecule has 0 bridgehead atoms. The molecule has 0 atom stereocenters. The molecule has 5 aromatic rings. The molecule has 5 nitrogen and oxygen atoms in total. The lowest BCUT2D eigenvalue weighted by Gasteiger charge is -2.09. The van der Waals surface area contributed by atoms with Crippen molar-refractivity contribution in [3.63, 3.8) is 0 Å². The Labute approximate surface area is 198 Å². The second kappa shape index (κ2) is 9.55. The second-order valence-corrected chi connectivity index (χ2v) is 8.08. The van der Waals surface area contributed by atoms with Crippen LogP contribution in [-0.4, -0.2) is 15.9 Å². The van der Waals surface area contributed by atoms with Crippen LogP contribution in [-0.2, 0) is 6.61 Å². The number of aryl methyl sites for hydroxylation is 1. The third-order valence-electron chi connectivity index (χ3n) is 5.51. The summed E-state index contributed by atoms with van der Waals surface area (Å²) in [5.41, 5.74) is 6.79. The lowest BCUT2D eigenvalue weighted by molar-refractivity contribution is 0.102. The topological polar surface area (TPSA) is 64.1 Å². The van der Waals surface area contributed by atoms with Crippen LogP contribution in [0.15, 0.2) is 103 Å². The summed E-state index contributed by atoms with van der Waals surface area (Å²) in [4.78, 5) is 22.0. The first kappa shape index (κ1) is 21.3. The van der Waals surface area contributed by atoms with E-state index in [4.69, 9.17) is 9.72 Å². The average Bonchev–Trinajstić information content (AvgIpc) is 2.88. The van der Waals surface area contributed by atoms with E-state index < -0.39 is 0 Å². The number of nitrogens with zero attached hydrogens (tertiary/aromatic N) is 2. The van der Waals surface area contributed by atoms with E-state index in [1.165, 1.54) is 5.56 Å². The van der Waals surface area contributed by atoms with E-state index >= 15 is 0 Å². The number of carbonyl (C=O) groups is 1. The first-order valence-electron chi connectivity index (χ1n) is 11.1. The summed E-state index contributed by atoms with van der Waals surface area (Å²) < 4.78 is 5.81. The molecule has 1 amide bonds. The van der Waals surface area contributed by atoms with Gasteiger partial charge >= 0.3 is 0 Å². The predicted octanol–water partition coefficient (Wildman–Crippen LogP) is 6.44. The van der Waals surface area contributed by atoms with Gasteiger partial charge in [0, 0.05) is 16.8 Å². The van der Waals surface area contributed by atoms with Crippen molar-refractivity contribution in [3.8, 4) is 17.0 Å². The van der Waals surface area contributed by atoms with Crippen LogP contribution in [0.25, 0.3) is 22.3 Å². The fourth-order valence-electron chi connectivity index (χ4n) is 3.61. The summed E-state index contributed by atoms with van der Waals surface area (Å²) >= 11 is 0. The Bertz CT molecular complexity index is 1450. The monoisotopic (exact) mass is 445 g/mol. The van der Waals surface area contributed by atoms with Gasteiger partial charge in [-0.05, 0) is 61.0 Å². The highest BCUT2D eigenvalue weighted by atomic mass is 16.5. The van der Waals surface area contributed by atoms with Crippen molar-refractivity contribution in [2.45, 2.75) is 13.5 Å². The molecule has 0 aliphatic carbocycles. The summed E-state index contributed by atoms with van der Waals surface area (Å²) in [6.45, 7) is 2.49. The standard InChI is InChI=1S/C29H23N3O2/c1-20-9-15-25(16-10-20)34-19-21-11-13-22(14-12-21)29(33)31-24-6-4-5-23(17-24)28-18-30-26-7-2-3-8-27(26)32-28/h2-18H,19H2,1H3,(H,31,33). The van der Waals surface area contributed by atoms with Crippen LogP contribution in [0.4, 0.5) is 5.69 Å². The zero-order valence-corrected chi connectivity index (χ0v) is 18.7. The van der Waals surface area contributed by atoms with Crippen LogP contribution in [0, 0.1) is 6.92 Å². The van der Waals surface area contributed by atoms with Gasteiger partial charge in [0.25, 0.3) is 5.91 Å². The zero-order chi connectivity index (χ0) is 23.3. The predicted molar refractivity (Wildman–Crippen MR) is 135 cm³/mol. The Balaban J connectivity index is 1.25. The molecule has 0 fully saturated rings. The van der Waals surface area contributed by atoms with Crippen molar-refractivity contribution in [2.75, 3.05) is 5.32 Å². The van der Waals surface area contributed by atoms with Crippen LogP contribution in [0.1, 0.15) is 21.5 Å². The number of aromatic nitrogens is 2. The molecule has 0 unspecified atom stereocenters. The fourth-order valence-corrected chi connectivity index (χ4v) is 3.61. The minimum Gasteiger partial charge on any atom is -0.489 e. The molecule has 5 heteroatoms. The molecule has 0 aliphatic heterocycles. The second-order valence-electron chi connectivity index (χ2n) is 8.08. The van der Waals surface area contributed by atoms with Gasteiger partial charge in [-0.15, -0.1) is 0 Å². The van der Waals surface area contributed by atoms with Gasteiger partial charge in [0.2, 0.25) is 0 Å². The van der Waals surface area contributed by atoms with E-state index in [1.807, 2.05) is 104 Å². The van der Waals surface area contributed by atoms with Gasteiger partial charge in [0.05, 0.1) is 22.9 Å². The maximum atomic E-state index is 12.8. The first-order valence-corrected chi connectivity index (χ1v) is 11.1. The molecule has 1 N–H and O–H groups in total. The normalized spacial score (nSPS) is 10.7. The van der Waals surface area contributed by atoms with Crippen LogP contribution in [0.2, 0.25) is 0 Å². The van der Waals surface area contributed by atoms with Crippen molar-refractivity contribution in [1.82, 2.24) is 9.97 Å². The fraction of sp³-hybridized carbons (Fsp3) is 0.0690. The van der Waals surface area contributed by atoms with Crippen molar-refractivity contribution in [1.29, 1.82) is 0 Å². The highest BCUT2D eigenvalue weighted by Crippen LogP contribution is 2.23. The summed E-state index contributed by atoms with van der Waals surface area (Å²) in [5, 5.41) is 2.97. The molecule has 4 aromatic carbocycles. The number of ether oxygens (including phenoxy) is 1. The number of fused-ring (bicyclic) bond motifs is 1. The summed E-state index contributed by atoms with van der Waals surface area (Å²) in [5.74, 6) is 0.649. The summed E-state index contributed by atoms with van der Waals surface area (Å²) in [6, 6.07) is 30.7. The molecule has 166 valence electrons. The van der Waals surface area contributed by atoms with Crippen LogP contribution < -0.4 is 10.1 Å². The van der Waals surface area contributed by atoms with Crippen LogP contribution >= 0.6 is 0 Å². The number of anilines is 1. The van der Waals surface area contributed by atoms with Crippen molar-refractivity contribution < 1.29 is 9.53 Å². The number of rotatable bonds is 6. The molecular weight excluding hydrogens is 422 g/mol. The SMILES string of the molecule is Cc1ccc(OCc2ccc(C(=O)Nc3cccc(-c4cnc5ccccc5n4)c3)cc2)cc1. The average molecular weight is 446 g/mol. The third-order valence-corrected chi connectivity index (χ3v) is 5.51. The van der Waals surface area contributed by atoms with Gasteiger partial charge in [-0.25, -0.2) is 4.98 Å². The van der Waals surface area contributed by atoms with Gasteiger partial charge in [-0.3, -0.25) is 9.78 Å².